The molecule has 2 fully saturated rings. The topological polar surface area (TPSA) is 79.5 Å². The van der Waals surface area contributed by atoms with E-state index in [4.69, 9.17) is 5.73 Å². The zero-order valence-corrected chi connectivity index (χ0v) is 13.1. The number of pyridine rings is 1. The standard InChI is InChI=1S/C17H25N3O2/c1-17-10-12(11-18)20(14(17)7-2-3-8-15(17)21)16(22)13-6-4-5-9-19-13/h4-6,9,12,14-15,21H,2-3,7-8,10-11,18H2,1H3/t12-,14-,15-,17-/m1/s1. The monoisotopic (exact) mass is 303 g/mol. The zero-order valence-electron chi connectivity index (χ0n) is 13.1. The third-order valence-corrected chi connectivity index (χ3v) is 5.52. The predicted molar refractivity (Wildman–Crippen MR) is 84.2 cm³/mol. The Bertz CT molecular complexity index is 536. The van der Waals surface area contributed by atoms with Gasteiger partial charge in [0.1, 0.15) is 5.69 Å². The summed E-state index contributed by atoms with van der Waals surface area (Å²) in [6.07, 6.45) is 5.86. The Kier molecular flexibility index (Phi) is 4.19. The van der Waals surface area contributed by atoms with E-state index < -0.39 is 0 Å². The van der Waals surface area contributed by atoms with Crippen molar-refractivity contribution in [2.45, 2.75) is 57.2 Å². The predicted octanol–water partition coefficient (Wildman–Crippen LogP) is 1.56. The van der Waals surface area contributed by atoms with Gasteiger partial charge in [0, 0.05) is 30.2 Å². The summed E-state index contributed by atoms with van der Waals surface area (Å²) in [5, 5.41) is 10.6. The SMILES string of the molecule is C[C@@]12C[C@H](CN)N(C(=O)c3ccccn3)[C@@H]1CCCC[C@H]2O. The molecule has 120 valence electrons. The quantitative estimate of drug-likeness (QED) is 0.869. The third-order valence-electron chi connectivity index (χ3n) is 5.52. The molecule has 0 radical (unpaired) electrons. The Morgan fingerprint density at radius 3 is 2.91 bits per heavy atom. The molecule has 2 aliphatic rings. The Morgan fingerprint density at radius 1 is 1.45 bits per heavy atom. The third kappa shape index (κ3) is 2.42. The number of nitrogens with two attached hydrogens (primary N) is 1. The Balaban J connectivity index is 1.96. The van der Waals surface area contributed by atoms with Crippen LogP contribution in [0.2, 0.25) is 0 Å². The molecule has 1 saturated carbocycles. The first-order valence-corrected chi connectivity index (χ1v) is 8.19. The first-order chi connectivity index (χ1) is 10.6. The van der Waals surface area contributed by atoms with Gasteiger partial charge < -0.3 is 15.7 Å². The van der Waals surface area contributed by atoms with Crippen molar-refractivity contribution in [1.82, 2.24) is 9.88 Å². The second-order valence-corrected chi connectivity index (χ2v) is 6.84. The minimum atomic E-state index is -0.365. The molecule has 4 atom stereocenters. The number of amides is 1. The molecule has 5 nitrogen and oxygen atoms in total. The number of carbonyl (C=O) groups excluding carboxylic acids is 1. The van der Waals surface area contributed by atoms with Crippen molar-refractivity contribution < 1.29 is 9.90 Å². The Morgan fingerprint density at radius 2 is 2.23 bits per heavy atom. The van der Waals surface area contributed by atoms with Gasteiger partial charge in [-0.2, -0.15) is 0 Å². The van der Waals surface area contributed by atoms with E-state index in [-0.39, 0.29) is 29.5 Å². The fourth-order valence-corrected chi connectivity index (χ4v) is 4.27. The number of aliphatic hydroxyl groups is 1. The average Bonchev–Trinajstić information content (AvgIpc) is 2.77. The highest BCUT2D eigenvalue weighted by atomic mass is 16.3. The lowest BCUT2D eigenvalue weighted by molar-refractivity contribution is 0.0120. The molecule has 1 aromatic rings. The summed E-state index contributed by atoms with van der Waals surface area (Å²) in [4.78, 5) is 19.1. The number of likely N-dealkylation sites (tertiary alicyclic amines) is 1. The highest BCUT2D eigenvalue weighted by Gasteiger charge is 2.54. The molecule has 1 aromatic heterocycles. The summed E-state index contributed by atoms with van der Waals surface area (Å²) in [6, 6.07) is 5.42. The normalized spacial score (nSPS) is 35.0. The molecule has 22 heavy (non-hydrogen) atoms. The van der Waals surface area contributed by atoms with E-state index in [2.05, 4.69) is 11.9 Å². The minimum absolute atomic E-state index is 0.0164. The van der Waals surface area contributed by atoms with E-state index in [1.54, 1.807) is 18.3 Å². The molecule has 0 aromatic carbocycles. The van der Waals surface area contributed by atoms with Crippen LogP contribution in [-0.4, -0.2) is 45.6 Å². The number of hydrogen-bond donors (Lipinski definition) is 2. The van der Waals surface area contributed by atoms with E-state index in [1.165, 1.54) is 0 Å². The minimum Gasteiger partial charge on any atom is -0.392 e. The lowest BCUT2D eigenvalue weighted by Crippen LogP contribution is -2.48. The van der Waals surface area contributed by atoms with Gasteiger partial charge in [0.25, 0.3) is 5.91 Å². The van der Waals surface area contributed by atoms with Gasteiger partial charge >= 0.3 is 0 Å². The number of rotatable bonds is 2. The summed E-state index contributed by atoms with van der Waals surface area (Å²) in [5.41, 5.74) is 6.14. The van der Waals surface area contributed by atoms with Crippen molar-refractivity contribution in [3.05, 3.63) is 30.1 Å². The van der Waals surface area contributed by atoms with Gasteiger partial charge in [-0.1, -0.05) is 25.8 Å². The highest BCUT2D eigenvalue weighted by molar-refractivity contribution is 5.93. The Labute approximate surface area is 131 Å². The van der Waals surface area contributed by atoms with Gasteiger partial charge in [-0.25, -0.2) is 0 Å². The van der Waals surface area contributed by atoms with Crippen molar-refractivity contribution in [2.24, 2.45) is 11.1 Å². The second kappa shape index (κ2) is 5.97. The average molecular weight is 303 g/mol. The molecule has 1 saturated heterocycles. The molecule has 3 rings (SSSR count). The summed E-state index contributed by atoms with van der Waals surface area (Å²) in [5.74, 6) is -0.0566. The highest BCUT2D eigenvalue weighted by Crippen LogP contribution is 2.48. The van der Waals surface area contributed by atoms with Crippen LogP contribution < -0.4 is 5.73 Å². The van der Waals surface area contributed by atoms with E-state index in [0.29, 0.717) is 12.2 Å². The molecule has 1 amide bonds. The molecule has 0 spiro atoms. The van der Waals surface area contributed by atoms with Crippen LogP contribution in [0.25, 0.3) is 0 Å². The Hall–Kier alpha value is -1.46. The first-order valence-electron chi connectivity index (χ1n) is 8.19. The zero-order chi connectivity index (χ0) is 15.7. The van der Waals surface area contributed by atoms with Gasteiger partial charge in [0.2, 0.25) is 0 Å². The van der Waals surface area contributed by atoms with Gasteiger partial charge in [-0.3, -0.25) is 9.78 Å². The van der Waals surface area contributed by atoms with Gasteiger partial charge in [0.05, 0.1) is 6.10 Å². The molecule has 0 unspecified atom stereocenters. The molecule has 5 heteroatoms. The van der Waals surface area contributed by atoms with Crippen LogP contribution in [0.4, 0.5) is 0 Å². The van der Waals surface area contributed by atoms with Crippen LogP contribution in [0.5, 0.6) is 0 Å². The van der Waals surface area contributed by atoms with Crippen molar-refractivity contribution in [3.8, 4) is 0 Å². The maximum atomic E-state index is 13.0. The van der Waals surface area contributed by atoms with E-state index >= 15 is 0 Å². The fraction of sp³-hybridized carbons (Fsp3) is 0.647. The van der Waals surface area contributed by atoms with E-state index in [9.17, 15) is 9.90 Å². The first kappa shape index (κ1) is 15.4. The number of nitrogens with zero attached hydrogens (tertiary/aromatic N) is 2. The largest absolute Gasteiger partial charge is 0.392 e. The van der Waals surface area contributed by atoms with Crippen LogP contribution >= 0.6 is 0 Å². The maximum Gasteiger partial charge on any atom is 0.273 e. The number of aromatic nitrogens is 1. The molecule has 1 aliphatic heterocycles. The number of aliphatic hydroxyl groups excluding tert-OH is 1. The summed E-state index contributed by atoms with van der Waals surface area (Å²) in [7, 11) is 0. The lowest BCUT2D eigenvalue weighted by atomic mass is 9.75. The molecule has 2 heterocycles. The molecule has 1 aliphatic carbocycles. The second-order valence-electron chi connectivity index (χ2n) is 6.84. The maximum absolute atomic E-state index is 13.0. The van der Waals surface area contributed by atoms with E-state index in [0.717, 1.165) is 32.1 Å². The van der Waals surface area contributed by atoms with Crippen LogP contribution in [-0.2, 0) is 0 Å². The van der Waals surface area contributed by atoms with Gasteiger partial charge in [0.15, 0.2) is 0 Å². The number of fused-ring (bicyclic) bond motifs is 1. The van der Waals surface area contributed by atoms with E-state index in [1.807, 2.05) is 11.0 Å². The van der Waals surface area contributed by atoms with Crippen LogP contribution in [0.1, 0.15) is 49.5 Å². The molecular weight excluding hydrogens is 278 g/mol. The van der Waals surface area contributed by atoms with Crippen LogP contribution in [0.15, 0.2) is 24.4 Å². The van der Waals surface area contributed by atoms with Gasteiger partial charge in [-0.15, -0.1) is 0 Å². The lowest BCUT2D eigenvalue weighted by Gasteiger charge is -2.37. The smallest absolute Gasteiger partial charge is 0.273 e. The molecule has 3 N–H and O–H groups in total. The van der Waals surface area contributed by atoms with Crippen molar-refractivity contribution in [2.75, 3.05) is 6.54 Å². The summed E-state index contributed by atoms with van der Waals surface area (Å²) >= 11 is 0. The van der Waals surface area contributed by atoms with Crippen LogP contribution in [0.3, 0.4) is 0 Å². The van der Waals surface area contributed by atoms with Crippen molar-refractivity contribution >= 4 is 5.91 Å². The number of hydrogen-bond acceptors (Lipinski definition) is 4. The van der Waals surface area contributed by atoms with Crippen molar-refractivity contribution in [3.63, 3.8) is 0 Å². The summed E-state index contributed by atoms with van der Waals surface area (Å²) < 4.78 is 0. The number of carbonyl (C=O) groups is 1. The molecule has 0 bridgehead atoms. The molecular formula is C17H25N3O2. The van der Waals surface area contributed by atoms with Crippen LogP contribution in [0, 0.1) is 5.41 Å². The van der Waals surface area contributed by atoms with Crippen molar-refractivity contribution in [1.29, 1.82) is 0 Å². The summed E-state index contributed by atoms with van der Waals surface area (Å²) in [6.45, 7) is 2.54. The fourth-order valence-electron chi connectivity index (χ4n) is 4.27. The van der Waals surface area contributed by atoms with Gasteiger partial charge in [-0.05, 0) is 31.4 Å².